The van der Waals surface area contributed by atoms with E-state index in [9.17, 15) is 4.79 Å². The zero-order valence-electron chi connectivity index (χ0n) is 13.4. The van der Waals surface area contributed by atoms with E-state index in [0.717, 1.165) is 25.2 Å². The first-order valence-electron chi connectivity index (χ1n) is 8.18. The fourth-order valence-corrected chi connectivity index (χ4v) is 2.95. The summed E-state index contributed by atoms with van der Waals surface area (Å²) in [5.74, 6) is 0.792. The average Bonchev–Trinajstić information content (AvgIpc) is 2.47. The highest BCUT2D eigenvalue weighted by molar-refractivity contribution is 5.77. The minimum Gasteiger partial charge on any atom is -0.364 e. The van der Waals surface area contributed by atoms with Gasteiger partial charge in [-0.1, -0.05) is 26.7 Å². The van der Waals surface area contributed by atoms with Gasteiger partial charge in [-0.15, -0.1) is 0 Å². The molecule has 4 nitrogen and oxygen atoms in total. The lowest BCUT2D eigenvalue weighted by molar-refractivity contribution is -0.136. The lowest BCUT2D eigenvalue weighted by Gasteiger charge is -2.39. The molecular weight excluding hydrogens is 252 g/mol. The van der Waals surface area contributed by atoms with Gasteiger partial charge in [0.15, 0.2) is 0 Å². The number of nitrogens with one attached hydrogen (secondary N) is 1. The molecule has 1 aliphatic carbocycles. The fraction of sp³-hybridized carbons (Fsp3) is 0.938. The lowest BCUT2D eigenvalue weighted by Crippen LogP contribution is -2.46. The van der Waals surface area contributed by atoms with Gasteiger partial charge < -0.3 is 15.8 Å². The molecule has 1 saturated carbocycles. The summed E-state index contributed by atoms with van der Waals surface area (Å²) in [5, 5.41) is 2.93. The van der Waals surface area contributed by atoms with Crippen LogP contribution in [0.15, 0.2) is 0 Å². The van der Waals surface area contributed by atoms with Crippen molar-refractivity contribution in [1.29, 1.82) is 0 Å². The van der Waals surface area contributed by atoms with E-state index < -0.39 is 0 Å². The van der Waals surface area contributed by atoms with Crippen LogP contribution >= 0.6 is 0 Å². The summed E-state index contributed by atoms with van der Waals surface area (Å²) in [6.07, 6.45) is 7.83. The maximum atomic E-state index is 11.8. The summed E-state index contributed by atoms with van der Waals surface area (Å²) in [5.41, 5.74) is 5.65. The van der Waals surface area contributed by atoms with Gasteiger partial charge in [0.1, 0.15) is 6.61 Å². The monoisotopic (exact) mass is 284 g/mol. The van der Waals surface area contributed by atoms with Crippen LogP contribution in [0.25, 0.3) is 0 Å². The van der Waals surface area contributed by atoms with Crippen LogP contribution in [0.5, 0.6) is 0 Å². The molecule has 3 N–H and O–H groups in total. The third kappa shape index (κ3) is 5.41. The first-order chi connectivity index (χ1) is 9.55. The van der Waals surface area contributed by atoms with Gasteiger partial charge >= 0.3 is 0 Å². The Morgan fingerprint density at radius 2 is 2.05 bits per heavy atom. The van der Waals surface area contributed by atoms with Crippen molar-refractivity contribution in [3.8, 4) is 0 Å². The van der Waals surface area contributed by atoms with Crippen molar-refractivity contribution in [1.82, 2.24) is 5.32 Å². The average molecular weight is 284 g/mol. The van der Waals surface area contributed by atoms with Gasteiger partial charge in [-0.25, -0.2) is 0 Å². The maximum Gasteiger partial charge on any atom is 0.246 e. The van der Waals surface area contributed by atoms with E-state index in [1.54, 1.807) is 0 Å². The van der Waals surface area contributed by atoms with Crippen molar-refractivity contribution < 1.29 is 9.53 Å². The van der Waals surface area contributed by atoms with Crippen LogP contribution in [-0.2, 0) is 9.53 Å². The molecule has 0 radical (unpaired) electrons. The fourth-order valence-electron chi connectivity index (χ4n) is 2.95. The Balaban J connectivity index is 2.38. The number of carbonyl (C=O) groups excluding carboxylic acids is 1. The van der Waals surface area contributed by atoms with Gasteiger partial charge in [0.25, 0.3) is 0 Å². The third-order valence-electron chi connectivity index (χ3n) is 4.61. The molecule has 0 saturated heterocycles. The van der Waals surface area contributed by atoms with E-state index in [0.29, 0.717) is 6.54 Å². The summed E-state index contributed by atoms with van der Waals surface area (Å²) in [6.45, 7) is 6.96. The molecule has 0 bridgehead atoms. The second kappa shape index (κ2) is 8.63. The summed E-state index contributed by atoms with van der Waals surface area (Å²) < 4.78 is 5.92. The van der Waals surface area contributed by atoms with E-state index in [4.69, 9.17) is 10.5 Å². The number of ether oxygens (including phenoxy) is 1. The molecule has 1 aliphatic rings. The van der Waals surface area contributed by atoms with E-state index >= 15 is 0 Å². The molecule has 1 fully saturated rings. The van der Waals surface area contributed by atoms with E-state index in [2.05, 4.69) is 19.2 Å². The summed E-state index contributed by atoms with van der Waals surface area (Å²) in [4.78, 5) is 11.8. The molecule has 20 heavy (non-hydrogen) atoms. The minimum atomic E-state index is -0.267. The van der Waals surface area contributed by atoms with Crippen LogP contribution in [0.4, 0.5) is 0 Å². The van der Waals surface area contributed by atoms with Crippen LogP contribution in [0.3, 0.4) is 0 Å². The highest BCUT2D eigenvalue weighted by atomic mass is 16.5. The molecule has 0 aromatic carbocycles. The van der Waals surface area contributed by atoms with Gasteiger partial charge in [0.05, 0.1) is 5.60 Å². The first kappa shape index (κ1) is 17.4. The molecule has 0 spiro atoms. The van der Waals surface area contributed by atoms with Crippen LogP contribution in [-0.4, -0.2) is 30.7 Å². The zero-order valence-corrected chi connectivity index (χ0v) is 13.4. The third-order valence-corrected chi connectivity index (χ3v) is 4.61. The number of rotatable bonds is 8. The predicted octanol–water partition coefficient (Wildman–Crippen LogP) is 2.61. The molecule has 1 rings (SSSR count). The van der Waals surface area contributed by atoms with Crippen LogP contribution in [0.1, 0.15) is 65.7 Å². The second-order valence-corrected chi connectivity index (χ2v) is 6.28. The number of hydrogen-bond donors (Lipinski definition) is 2. The molecule has 4 heteroatoms. The van der Waals surface area contributed by atoms with Gasteiger partial charge in [0, 0.05) is 12.6 Å². The molecule has 0 heterocycles. The Bertz CT molecular complexity index is 286. The number of nitrogens with two attached hydrogens (primary N) is 1. The Morgan fingerprint density at radius 1 is 1.40 bits per heavy atom. The Morgan fingerprint density at radius 3 is 2.55 bits per heavy atom. The molecule has 0 aromatic heterocycles. The molecule has 1 unspecified atom stereocenters. The smallest absolute Gasteiger partial charge is 0.246 e. The second-order valence-electron chi connectivity index (χ2n) is 6.28. The van der Waals surface area contributed by atoms with Crippen molar-refractivity contribution in [3.63, 3.8) is 0 Å². The van der Waals surface area contributed by atoms with Gasteiger partial charge in [0.2, 0.25) is 5.91 Å². The summed E-state index contributed by atoms with van der Waals surface area (Å²) >= 11 is 0. The number of hydrogen-bond acceptors (Lipinski definition) is 3. The summed E-state index contributed by atoms with van der Waals surface area (Å²) in [7, 11) is 0. The van der Waals surface area contributed by atoms with Gasteiger partial charge in [-0.3, -0.25) is 4.79 Å². The summed E-state index contributed by atoms with van der Waals surface area (Å²) in [6, 6.07) is 0.209. The Kier molecular flexibility index (Phi) is 7.52. The van der Waals surface area contributed by atoms with Crippen molar-refractivity contribution in [2.24, 2.45) is 11.7 Å². The number of carbonyl (C=O) groups is 1. The SMILES string of the molecule is CCCC1CCC(CN)(OCC(=O)NC(C)CC)CC1. The van der Waals surface area contributed by atoms with Crippen molar-refractivity contribution in [2.75, 3.05) is 13.2 Å². The van der Waals surface area contributed by atoms with Crippen LogP contribution < -0.4 is 11.1 Å². The first-order valence-corrected chi connectivity index (χ1v) is 8.18. The molecule has 118 valence electrons. The minimum absolute atomic E-state index is 0.0251. The van der Waals surface area contributed by atoms with Crippen molar-refractivity contribution in [2.45, 2.75) is 77.4 Å². The van der Waals surface area contributed by atoms with E-state index in [1.165, 1.54) is 25.7 Å². The largest absolute Gasteiger partial charge is 0.364 e. The highest BCUT2D eigenvalue weighted by Crippen LogP contribution is 2.36. The van der Waals surface area contributed by atoms with Gasteiger partial charge in [-0.2, -0.15) is 0 Å². The van der Waals surface area contributed by atoms with E-state index in [1.807, 2.05) is 6.92 Å². The topological polar surface area (TPSA) is 64.3 Å². The lowest BCUT2D eigenvalue weighted by atomic mass is 9.77. The highest BCUT2D eigenvalue weighted by Gasteiger charge is 2.35. The zero-order chi connectivity index (χ0) is 15.0. The van der Waals surface area contributed by atoms with Crippen LogP contribution in [0, 0.1) is 5.92 Å². The predicted molar refractivity (Wildman–Crippen MR) is 82.5 cm³/mol. The normalized spacial score (nSPS) is 28.1. The van der Waals surface area contributed by atoms with Crippen molar-refractivity contribution >= 4 is 5.91 Å². The quantitative estimate of drug-likeness (QED) is 0.720. The molecule has 1 amide bonds. The maximum absolute atomic E-state index is 11.8. The Hall–Kier alpha value is -0.610. The standard InChI is InChI=1S/C16H32N2O2/c1-4-6-14-7-9-16(12-17,10-8-14)20-11-15(19)18-13(3)5-2/h13-14H,4-12,17H2,1-3H3,(H,18,19). The number of amides is 1. The van der Waals surface area contributed by atoms with Crippen molar-refractivity contribution in [3.05, 3.63) is 0 Å². The van der Waals surface area contributed by atoms with Gasteiger partial charge in [-0.05, 0) is 44.9 Å². The molecule has 0 aromatic rings. The Labute approximate surface area is 123 Å². The molecule has 1 atom stereocenters. The molecule has 0 aliphatic heterocycles. The van der Waals surface area contributed by atoms with Crippen LogP contribution in [0.2, 0.25) is 0 Å². The molecular formula is C16H32N2O2. The van der Waals surface area contributed by atoms with E-state index in [-0.39, 0.29) is 24.2 Å².